The summed E-state index contributed by atoms with van der Waals surface area (Å²) in [5.74, 6) is 0. The lowest BCUT2D eigenvalue weighted by atomic mass is 9.89. The van der Waals surface area contributed by atoms with E-state index in [0.29, 0.717) is 11.4 Å². The van der Waals surface area contributed by atoms with Gasteiger partial charge in [0.15, 0.2) is 0 Å². The van der Waals surface area contributed by atoms with Crippen molar-refractivity contribution in [1.82, 2.24) is 4.98 Å². The molecule has 1 unspecified atom stereocenters. The van der Waals surface area contributed by atoms with Crippen LogP contribution in [0.5, 0.6) is 0 Å². The largest absolute Gasteiger partial charge is 0.385 e. The molecule has 18 heavy (non-hydrogen) atoms. The molecule has 2 nitrogen and oxygen atoms in total. The van der Waals surface area contributed by atoms with Crippen molar-refractivity contribution in [3.63, 3.8) is 0 Å². The lowest BCUT2D eigenvalue weighted by molar-refractivity contribution is 0.0569. The van der Waals surface area contributed by atoms with Gasteiger partial charge in [0, 0.05) is 23.3 Å². The minimum atomic E-state index is -0.981. The monoisotopic (exact) mass is 325 g/mol. The molecule has 0 aliphatic heterocycles. The highest BCUT2D eigenvalue weighted by Gasteiger charge is 2.26. The smallest absolute Gasteiger partial charge is 0.0920 e. The van der Waals surface area contributed by atoms with Crippen LogP contribution in [0.25, 0.3) is 0 Å². The molecule has 1 N–H and O–H groups in total. The molecule has 2 rings (SSSR count). The average Bonchev–Trinajstić information content (AvgIpc) is 2.32. The van der Waals surface area contributed by atoms with Gasteiger partial charge in [0.25, 0.3) is 0 Å². The molecular weight excluding hydrogens is 314 g/mol. The number of pyridine rings is 1. The first-order chi connectivity index (χ1) is 8.50. The maximum Gasteiger partial charge on any atom is 0.0920 e. The Labute approximate surface area is 120 Å². The highest BCUT2D eigenvalue weighted by molar-refractivity contribution is 9.10. The van der Waals surface area contributed by atoms with E-state index in [2.05, 4.69) is 20.9 Å². The summed E-state index contributed by atoms with van der Waals surface area (Å²) >= 11 is 9.53. The first-order valence-corrected chi connectivity index (χ1v) is 6.73. The van der Waals surface area contributed by atoms with E-state index in [4.69, 9.17) is 11.6 Å². The molecule has 0 radical (unpaired) electrons. The first kappa shape index (κ1) is 13.5. The third-order valence-electron chi connectivity index (χ3n) is 2.85. The van der Waals surface area contributed by atoms with Gasteiger partial charge >= 0.3 is 0 Å². The summed E-state index contributed by atoms with van der Waals surface area (Å²) in [5.41, 5.74) is 0.746. The average molecular weight is 327 g/mol. The zero-order valence-electron chi connectivity index (χ0n) is 9.90. The van der Waals surface area contributed by atoms with Crippen molar-refractivity contribution in [2.45, 2.75) is 18.9 Å². The molecular formula is C14H13BrClNO. The predicted molar refractivity (Wildman–Crippen MR) is 76.7 cm³/mol. The van der Waals surface area contributed by atoms with E-state index in [0.717, 1.165) is 15.6 Å². The number of aromatic nitrogens is 1. The van der Waals surface area contributed by atoms with Crippen molar-refractivity contribution in [2.75, 3.05) is 0 Å². The Morgan fingerprint density at radius 1 is 1.33 bits per heavy atom. The summed E-state index contributed by atoms with van der Waals surface area (Å²) in [6.45, 7) is 1.78. The van der Waals surface area contributed by atoms with Crippen molar-refractivity contribution >= 4 is 27.5 Å². The maximum absolute atomic E-state index is 10.6. The quantitative estimate of drug-likeness (QED) is 0.926. The standard InChI is InChI=1S/C14H13BrClNO/c1-14(18,11-4-2-3-5-12(11)15)8-10-6-7-17-9-13(10)16/h2-7,9,18H,8H2,1H3. The molecule has 0 aliphatic rings. The van der Waals surface area contributed by atoms with Gasteiger partial charge < -0.3 is 5.11 Å². The molecule has 0 amide bonds. The van der Waals surface area contributed by atoms with E-state index in [9.17, 15) is 5.11 Å². The van der Waals surface area contributed by atoms with Gasteiger partial charge in [-0.25, -0.2) is 0 Å². The topological polar surface area (TPSA) is 33.1 Å². The molecule has 1 aromatic heterocycles. The third kappa shape index (κ3) is 2.91. The number of nitrogens with zero attached hydrogens (tertiary/aromatic N) is 1. The highest BCUT2D eigenvalue weighted by atomic mass is 79.9. The Morgan fingerprint density at radius 2 is 2.06 bits per heavy atom. The second-order valence-corrected chi connectivity index (χ2v) is 5.66. The van der Waals surface area contributed by atoms with Crippen LogP contribution in [0.3, 0.4) is 0 Å². The SMILES string of the molecule is CC(O)(Cc1ccncc1Cl)c1ccccc1Br. The van der Waals surface area contributed by atoms with Crippen LogP contribution in [0, 0.1) is 0 Å². The third-order valence-corrected chi connectivity index (χ3v) is 3.88. The van der Waals surface area contributed by atoms with Crippen LogP contribution in [0.4, 0.5) is 0 Å². The van der Waals surface area contributed by atoms with Crippen molar-refractivity contribution in [2.24, 2.45) is 0 Å². The molecule has 0 fully saturated rings. The maximum atomic E-state index is 10.6. The molecule has 1 aromatic carbocycles. The van der Waals surface area contributed by atoms with Crippen LogP contribution >= 0.6 is 27.5 Å². The van der Waals surface area contributed by atoms with Gasteiger partial charge in [-0.1, -0.05) is 45.7 Å². The van der Waals surface area contributed by atoms with Crippen molar-refractivity contribution in [1.29, 1.82) is 0 Å². The molecule has 2 aromatic rings. The van der Waals surface area contributed by atoms with Crippen molar-refractivity contribution in [3.8, 4) is 0 Å². The molecule has 0 aliphatic carbocycles. The molecule has 1 heterocycles. The molecule has 1 atom stereocenters. The Balaban J connectivity index is 2.33. The second-order valence-electron chi connectivity index (χ2n) is 4.40. The highest BCUT2D eigenvalue weighted by Crippen LogP contribution is 2.32. The second kappa shape index (κ2) is 5.39. The summed E-state index contributed by atoms with van der Waals surface area (Å²) in [7, 11) is 0. The number of hydrogen-bond donors (Lipinski definition) is 1. The molecule has 0 spiro atoms. The van der Waals surface area contributed by atoms with Crippen LogP contribution in [0.1, 0.15) is 18.1 Å². The fourth-order valence-corrected chi connectivity index (χ4v) is 2.81. The van der Waals surface area contributed by atoms with E-state index in [-0.39, 0.29) is 0 Å². The van der Waals surface area contributed by atoms with E-state index in [1.807, 2.05) is 30.3 Å². The van der Waals surface area contributed by atoms with E-state index < -0.39 is 5.60 Å². The van der Waals surface area contributed by atoms with E-state index in [1.165, 1.54) is 0 Å². The van der Waals surface area contributed by atoms with Gasteiger partial charge in [-0.2, -0.15) is 0 Å². The molecule has 4 heteroatoms. The Kier molecular flexibility index (Phi) is 4.05. The lowest BCUT2D eigenvalue weighted by Gasteiger charge is -2.25. The Bertz CT molecular complexity index is 557. The first-order valence-electron chi connectivity index (χ1n) is 5.56. The summed E-state index contributed by atoms with van der Waals surface area (Å²) in [6, 6.07) is 9.47. The van der Waals surface area contributed by atoms with Gasteiger partial charge in [0.05, 0.1) is 10.6 Å². The predicted octanol–water partition coefficient (Wildman–Crippen LogP) is 3.95. The van der Waals surface area contributed by atoms with Gasteiger partial charge in [-0.05, 0) is 30.2 Å². The van der Waals surface area contributed by atoms with Gasteiger partial charge in [0.1, 0.15) is 0 Å². The van der Waals surface area contributed by atoms with Gasteiger partial charge in [0.2, 0.25) is 0 Å². The Morgan fingerprint density at radius 3 is 2.72 bits per heavy atom. The van der Waals surface area contributed by atoms with Crippen LogP contribution in [-0.2, 0) is 12.0 Å². The van der Waals surface area contributed by atoms with Crippen LogP contribution in [0.15, 0.2) is 47.2 Å². The zero-order chi connectivity index (χ0) is 13.2. The summed E-state index contributed by atoms with van der Waals surface area (Å²) in [5, 5.41) is 11.2. The number of benzene rings is 1. The van der Waals surface area contributed by atoms with Crippen LogP contribution < -0.4 is 0 Å². The summed E-state index contributed by atoms with van der Waals surface area (Å²) in [4.78, 5) is 3.94. The fraction of sp³-hybridized carbons (Fsp3) is 0.214. The summed E-state index contributed by atoms with van der Waals surface area (Å²) < 4.78 is 0.889. The van der Waals surface area contributed by atoms with Crippen LogP contribution in [-0.4, -0.2) is 10.1 Å². The Hall–Kier alpha value is -0.900. The van der Waals surface area contributed by atoms with Crippen molar-refractivity contribution < 1.29 is 5.11 Å². The molecule has 94 valence electrons. The normalized spacial score (nSPS) is 14.2. The number of aliphatic hydroxyl groups is 1. The van der Waals surface area contributed by atoms with E-state index >= 15 is 0 Å². The van der Waals surface area contributed by atoms with Crippen LogP contribution in [0.2, 0.25) is 5.02 Å². The molecule has 0 saturated heterocycles. The van der Waals surface area contributed by atoms with Gasteiger partial charge in [-0.3, -0.25) is 4.98 Å². The minimum Gasteiger partial charge on any atom is -0.385 e. The van der Waals surface area contributed by atoms with Crippen molar-refractivity contribution in [3.05, 3.63) is 63.3 Å². The number of halogens is 2. The fourth-order valence-electron chi connectivity index (χ4n) is 1.91. The number of rotatable bonds is 3. The lowest BCUT2D eigenvalue weighted by Crippen LogP contribution is -2.25. The summed E-state index contributed by atoms with van der Waals surface area (Å²) in [6.07, 6.45) is 3.71. The number of hydrogen-bond acceptors (Lipinski definition) is 2. The van der Waals surface area contributed by atoms with E-state index in [1.54, 1.807) is 19.3 Å². The molecule has 0 bridgehead atoms. The zero-order valence-corrected chi connectivity index (χ0v) is 12.2. The minimum absolute atomic E-state index is 0.441. The van der Waals surface area contributed by atoms with Gasteiger partial charge in [-0.15, -0.1) is 0 Å². The molecule has 0 saturated carbocycles.